The van der Waals surface area contributed by atoms with E-state index in [1.54, 1.807) is 6.92 Å². The maximum absolute atomic E-state index is 13.3. The van der Waals surface area contributed by atoms with Crippen molar-refractivity contribution in [1.82, 2.24) is 19.9 Å². The second-order valence-electron chi connectivity index (χ2n) is 4.24. The van der Waals surface area contributed by atoms with Gasteiger partial charge in [-0.05, 0) is 25.1 Å². The summed E-state index contributed by atoms with van der Waals surface area (Å²) in [6.45, 7) is 1.93. The number of sulfonamides is 1. The molecular weight excluding hydrogens is 331 g/mol. The highest BCUT2D eigenvalue weighted by Crippen LogP contribution is 2.24. The molecule has 0 saturated carbocycles. The first-order chi connectivity index (χ1) is 10.4. The Bertz CT molecular complexity index is 749. The second kappa shape index (κ2) is 7.07. The van der Waals surface area contributed by atoms with E-state index in [4.69, 9.17) is 4.74 Å². The number of ether oxygens (including phenoxy) is 1. The molecular formula is C12H15FN4O3S2. The van der Waals surface area contributed by atoms with E-state index in [1.165, 1.54) is 24.9 Å². The first-order valence-electron chi connectivity index (χ1n) is 6.27. The fourth-order valence-corrected chi connectivity index (χ4v) is 3.68. The Morgan fingerprint density at radius 2 is 2.23 bits per heavy atom. The summed E-state index contributed by atoms with van der Waals surface area (Å²) >= 11 is 1.30. The van der Waals surface area contributed by atoms with Crippen molar-refractivity contribution in [3.8, 4) is 5.75 Å². The molecule has 0 aliphatic heterocycles. The van der Waals surface area contributed by atoms with Crippen molar-refractivity contribution in [3.05, 3.63) is 29.8 Å². The summed E-state index contributed by atoms with van der Waals surface area (Å²) in [6.07, 6.45) is 0. The maximum Gasteiger partial charge on any atom is 0.244 e. The minimum atomic E-state index is -3.85. The predicted octanol–water partition coefficient (Wildman–Crippen LogP) is 1.33. The van der Waals surface area contributed by atoms with Gasteiger partial charge in [-0.2, -0.15) is 0 Å². The van der Waals surface area contributed by atoms with Crippen LogP contribution in [0.5, 0.6) is 5.75 Å². The molecule has 10 heteroatoms. The number of hydrogen-bond donors (Lipinski definition) is 2. The lowest BCUT2D eigenvalue weighted by Crippen LogP contribution is -2.26. The molecule has 2 rings (SSSR count). The summed E-state index contributed by atoms with van der Waals surface area (Å²) in [5.74, 6) is 0.569. The summed E-state index contributed by atoms with van der Waals surface area (Å²) < 4.78 is 44.9. The monoisotopic (exact) mass is 346 g/mol. The number of H-pyrrole nitrogens is 1. The highest BCUT2D eigenvalue weighted by molar-refractivity contribution is 7.99. The van der Waals surface area contributed by atoms with E-state index >= 15 is 0 Å². The van der Waals surface area contributed by atoms with Crippen molar-refractivity contribution in [1.29, 1.82) is 0 Å². The van der Waals surface area contributed by atoms with Crippen LogP contribution in [0.25, 0.3) is 0 Å². The first kappa shape index (κ1) is 16.7. The van der Waals surface area contributed by atoms with Gasteiger partial charge in [-0.15, -0.1) is 5.10 Å². The van der Waals surface area contributed by atoms with E-state index in [0.717, 1.165) is 12.1 Å². The third-order valence-electron chi connectivity index (χ3n) is 2.62. The molecule has 1 heterocycles. The Morgan fingerprint density at radius 3 is 2.86 bits per heavy atom. The normalized spacial score (nSPS) is 11.6. The van der Waals surface area contributed by atoms with Crippen molar-refractivity contribution < 1.29 is 17.5 Å². The fraction of sp³-hybridized carbons (Fsp3) is 0.333. The lowest BCUT2D eigenvalue weighted by molar-refractivity contribution is 0.400. The van der Waals surface area contributed by atoms with Crippen LogP contribution >= 0.6 is 11.8 Å². The molecule has 2 aromatic rings. The van der Waals surface area contributed by atoms with Crippen LogP contribution in [-0.4, -0.2) is 43.0 Å². The van der Waals surface area contributed by atoms with E-state index in [2.05, 4.69) is 19.9 Å². The number of nitrogens with zero attached hydrogens (tertiary/aromatic N) is 2. The Labute approximate surface area is 131 Å². The minimum absolute atomic E-state index is 0.0890. The Morgan fingerprint density at radius 1 is 1.45 bits per heavy atom. The molecule has 0 fully saturated rings. The standard InChI is InChI=1S/C12H15FN4O3S2/c1-8-15-12(17-16-8)21-6-5-14-22(18,19)11-7-9(13)3-4-10(11)20-2/h3-4,7,14H,5-6H2,1-2H3,(H,15,16,17). The molecule has 0 bridgehead atoms. The molecule has 0 unspecified atom stereocenters. The van der Waals surface area contributed by atoms with E-state index in [1.807, 2.05) is 0 Å². The molecule has 0 amide bonds. The van der Waals surface area contributed by atoms with Gasteiger partial charge in [0.2, 0.25) is 15.2 Å². The number of benzene rings is 1. The Hall–Kier alpha value is -1.65. The van der Waals surface area contributed by atoms with Crippen LogP contribution in [0.1, 0.15) is 5.82 Å². The van der Waals surface area contributed by atoms with Gasteiger partial charge in [-0.3, -0.25) is 5.10 Å². The van der Waals surface area contributed by atoms with Crippen LogP contribution in [-0.2, 0) is 10.0 Å². The number of aryl methyl sites for hydroxylation is 1. The van der Waals surface area contributed by atoms with E-state index in [9.17, 15) is 12.8 Å². The number of nitrogens with one attached hydrogen (secondary N) is 2. The van der Waals surface area contributed by atoms with Crippen molar-refractivity contribution in [2.75, 3.05) is 19.4 Å². The summed E-state index contributed by atoms with van der Waals surface area (Å²) in [5, 5.41) is 7.16. The SMILES string of the molecule is COc1ccc(F)cc1S(=O)(=O)NCCSc1n[nH]c(C)n1. The zero-order chi connectivity index (χ0) is 16.2. The van der Waals surface area contributed by atoms with Gasteiger partial charge in [0.25, 0.3) is 0 Å². The lowest BCUT2D eigenvalue weighted by Gasteiger charge is -2.10. The van der Waals surface area contributed by atoms with Gasteiger partial charge in [-0.1, -0.05) is 11.8 Å². The number of methoxy groups -OCH3 is 1. The van der Waals surface area contributed by atoms with Crippen LogP contribution in [0.15, 0.2) is 28.3 Å². The van der Waals surface area contributed by atoms with Gasteiger partial charge in [-0.25, -0.2) is 22.5 Å². The van der Waals surface area contributed by atoms with E-state index in [-0.39, 0.29) is 17.2 Å². The van der Waals surface area contributed by atoms with E-state index in [0.29, 0.717) is 16.7 Å². The average Bonchev–Trinajstić information content (AvgIpc) is 2.89. The van der Waals surface area contributed by atoms with Crippen molar-refractivity contribution in [2.24, 2.45) is 0 Å². The van der Waals surface area contributed by atoms with Crippen LogP contribution in [0.4, 0.5) is 4.39 Å². The number of rotatable bonds is 7. The van der Waals surface area contributed by atoms with Gasteiger partial charge in [0.05, 0.1) is 7.11 Å². The van der Waals surface area contributed by atoms with Gasteiger partial charge in [0.1, 0.15) is 22.3 Å². The smallest absolute Gasteiger partial charge is 0.244 e. The number of halogens is 1. The third kappa shape index (κ3) is 4.18. The quantitative estimate of drug-likeness (QED) is 0.580. The van der Waals surface area contributed by atoms with Gasteiger partial charge in [0.15, 0.2) is 0 Å². The third-order valence-corrected chi connectivity index (χ3v) is 4.95. The Kier molecular flexibility index (Phi) is 5.37. The molecule has 22 heavy (non-hydrogen) atoms. The van der Waals surface area contributed by atoms with Crippen molar-refractivity contribution >= 4 is 21.8 Å². The van der Waals surface area contributed by atoms with Crippen LogP contribution in [0.2, 0.25) is 0 Å². The van der Waals surface area contributed by atoms with Crippen LogP contribution in [0, 0.1) is 12.7 Å². The molecule has 0 aliphatic rings. The lowest BCUT2D eigenvalue weighted by atomic mass is 10.3. The van der Waals surface area contributed by atoms with Gasteiger partial charge >= 0.3 is 0 Å². The zero-order valence-corrected chi connectivity index (χ0v) is 13.6. The summed E-state index contributed by atoms with van der Waals surface area (Å²) in [4.78, 5) is 3.86. The molecule has 0 saturated heterocycles. The van der Waals surface area contributed by atoms with Crippen LogP contribution < -0.4 is 9.46 Å². The maximum atomic E-state index is 13.3. The molecule has 1 aromatic heterocycles. The van der Waals surface area contributed by atoms with Gasteiger partial charge < -0.3 is 4.74 Å². The first-order valence-corrected chi connectivity index (χ1v) is 8.74. The molecule has 1 aromatic carbocycles. The molecule has 0 atom stereocenters. The second-order valence-corrected chi connectivity index (χ2v) is 7.04. The van der Waals surface area contributed by atoms with E-state index < -0.39 is 15.8 Å². The molecule has 7 nitrogen and oxygen atoms in total. The van der Waals surface area contributed by atoms with Crippen molar-refractivity contribution in [2.45, 2.75) is 17.0 Å². The molecule has 2 N–H and O–H groups in total. The highest BCUT2D eigenvalue weighted by atomic mass is 32.2. The zero-order valence-electron chi connectivity index (χ0n) is 12.0. The predicted molar refractivity (Wildman–Crippen MR) is 80.0 cm³/mol. The molecule has 0 aliphatic carbocycles. The van der Waals surface area contributed by atoms with Crippen LogP contribution in [0.3, 0.4) is 0 Å². The summed E-state index contributed by atoms with van der Waals surface area (Å²) in [5.41, 5.74) is 0. The number of thioether (sulfide) groups is 1. The topological polar surface area (TPSA) is 97.0 Å². The molecule has 0 radical (unpaired) electrons. The molecule has 0 spiro atoms. The Balaban J connectivity index is 1.98. The summed E-state index contributed by atoms with van der Waals surface area (Å²) in [6, 6.07) is 3.33. The highest BCUT2D eigenvalue weighted by Gasteiger charge is 2.20. The number of aromatic amines is 1. The minimum Gasteiger partial charge on any atom is -0.495 e. The average molecular weight is 346 g/mol. The fourth-order valence-electron chi connectivity index (χ4n) is 1.64. The number of aromatic nitrogens is 3. The number of hydrogen-bond acceptors (Lipinski definition) is 6. The van der Waals surface area contributed by atoms with Gasteiger partial charge in [0, 0.05) is 12.3 Å². The summed E-state index contributed by atoms with van der Waals surface area (Å²) in [7, 11) is -2.52. The largest absolute Gasteiger partial charge is 0.495 e. The molecule has 120 valence electrons. The van der Waals surface area contributed by atoms with Crippen molar-refractivity contribution in [3.63, 3.8) is 0 Å².